The molecule has 0 atom stereocenters. The molecule has 0 radical (unpaired) electrons. The van der Waals surface area contributed by atoms with Crippen molar-refractivity contribution in [2.45, 2.75) is 6.18 Å². The van der Waals surface area contributed by atoms with Gasteiger partial charge in [-0.15, -0.1) is 0 Å². The van der Waals surface area contributed by atoms with Crippen LogP contribution in [0.25, 0.3) is 5.82 Å². The van der Waals surface area contributed by atoms with Crippen molar-refractivity contribution in [2.75, 3.05) is 17.6 Å². The molecule has 0 fully saturated rings. The van der Waals surface area contributed by atoms with Crippen LogP contribution in [-0.4, -0.2) is 27.4 Å². The van der Waals surface area contributed by atoms with Gasteiger partial charge in [-0.05, 0) is 12.1 Å². The van der Waals surface area contributed by atoms with E-state index in [2.05, 4.69) is 4.98 Å². The minimum atomic E-state index is -4.84. The van der Waals surface area contributed by atoms with Gasteiger partial charge in [-0.25, -0.2) is 14.3 Å². The molecule has 2 heterocycles. The van der Waals surface area contributed by atoms with Crippen LogP contribution in [0.1, 0.15) is 11.3 Å². The normalized spacial score (nSPS) is 11.2. The van der Waals surface area contributed by atoms with Crippen molar-refractivity contribution in [3.8, 4) is 11.9 Å². The van der Waals surface area contributed by atoms with Crippen molar-refractivity contribution < 1.29 is 13.2 Å². The van der Waals surface area contributed by atoms with Crippen LogP contribution in [0.15, 0.2) is 27.8 Å². The molecule has 0 saturated carbocycles. The molecule has 0 spiro atoms. The first-order valence-electron chi connectivity index (χ1n) is 6.71. The summed E-state index contributed by atoms with van der Waals surface area (Å²) < 4.78 is 41.0. The van der Waals surface area contributed by atoms with Crippen LogP contribution >= 0.6 is 11.9 Å². The van der Waals surface area contributed by atoms with E-state index in [1.807, 2.05) is 6.07 Å². The summed E-state index contributed by atoms with van der Waals surface area (Å²) in [6, 6.07) is 4.82. The smallest absolute Gasteiger partial charge is 0.303 e. The second-order valence-electron chi connectivity index (χ2n) is 4.88. The number of nitrogens with zero attached hydrogens (tertiary/aromatic N) is 5. The van der Waals surface area contributed by atoms with E-state index in [9.17, 15) is 22.8 Å². The summed E-state index contributed by atoms with van der Waals surface area (Å²) >= 11 is 1.23. The van der Waals surface area contributed by atoms with Gasteiger partial charge in [0.2, 0.25) is 0 Å². The topological polar surface area (TPSA) is 83.9 Å². The molecule has 2 aromatic heterocycles. The number of hydrogen-bond donors (Lipinski definition) is 0. The van der Waals surface area contributed by atoms with Gasteiger partial charge >= 0.3 is 11.9 Å². The zero-order chi connectivity index (χ0) is 18.9. The van der Waals surface area contributed by atoms with E-state index >= 15 is 0 Å². The molecule has 0 N–H and O–H groups in total. The highest BCUT2D eigenvalue weighted by Crippen LogP contribution is 2.27. The Morgan fingerprint density at radius 1 is 1.32 bits per heavy atom. The maximum absolute atomic E-state index is 12.9. The Morgan fingerprint density at radius 3 is 2.48 bits per heavy atom. The fourth-order valence-electron chi connectivity index (χ4n) is 2.09. The van der Waals surface area contributed by atoms with E-state index < -0.39 is 23.1 Å². The minimum Gasteiger partial charge on any atom is -0.303 e. The van der Waals surface area contributed by atoms with Crippen molar-refractivity contribution in [1.82, 2.24) is 14.1 Å². The SMILES string of the molecule is CSN(C)c1nc(-n2c(=O)cc(C(F)(F)F)n(C)c2=O)ccc1C#N. The zero-order valence-electron chi connectivity index (χ0n) is 13.3. The maximum atomic E-state index is 12.9. The summed E-state index contributed by atoms with van der Waals surface area (Å²) in [5, 5.41) is 9.12. The largest absolute Gasteiger partial charge is 0.431 e. The Bertz CT molecular complexity index is 974. The van der Waals surface area contributed by atoms with Gasteiger partial charge in [0.25, 0.3) is 5.56 Å². The highest BCUT2D eigenvalue weighted by atomic mass is 32.2. The number of rotatable bonds is 3. The summed E-state index contributed by atoms with van der Waals surface area (Å²) in [5.41, 5.74) is -3.51. The molecule has 132 valence electrons. The molecule has 25 heavy (non-hydrogen) atoms. The Labute approximate surface area is 144 Å². The van der Waals surface area contributed by atoms with E-state index in [0.29, 0.717) is 15.2 Å². The van der Waals surface area contributed by atoms with E-state index in [0.717, 1.165) is 7.05 Å². The molecule has 2 aromatic rings. The number of nitriles is 1. The third-order valence-corrected chi connectivity index (χ3v) is 4.11. The summed E-state index contributed by atoms with van der Waals surface area (Å²) in [7, 11) is 2.53. The molecule has 0 bridgehead atoms. The molecule has 11 heteroatoms. The van der Waals surface area contributed by atoms with Crippen molar-refractivity contribution in [3.05, 3.63) is 50.3 Å². The Balaban J connectivity index is 2.77. The molecule has 0 aliphatic rings. The molecular formula is C14H12F3N5O2S. The van der Waals surface area contributed by atoms with Crippen molar-refractivity contribution in [2.24, 2.45) is 7.05 Å². The fraction of sp³-hybridized carbons (Fsp3) is 0.286. The molecule has 0 amide bonds. The average molecular weight is 371 g/mol. The van der Waals surface area contributed by atoms with Crippen LogP contribution in [-0.2, 0) is 13.2 Å². The number of aromatic nitrogens is 3. The average Bonchev–Trinajstić information content (AvgIpc) is 2.56. The van der Waals surface area contributed by atoms with Crippen LogP contribution in [0.2, 0.25) is 0 Å². The molecule has 7 nitrogen and oxygen atoms in total. The molecule has 0 aromatic carbocycles. The number of halogens is 3. The monoisotopic (exact) mass is 371 g/mol. The highest BCUT2D eigenvalue weighted by molar-refractivity contribution is 7.99. The maximum Gasteiger partial charge on any atom is 0.431 e. The van der Waals surface area contributed by atoms with Gasteiger partial charge in [0.15, 0.2) is 5.82 Å². The lowest BCUT2D eigenvalue weighted by Crippen LogP contribution is -2.41. The standard InChI is InChI=1S/C14H12F3N5O2S/c1-20-9(14(15,16)17)6-11(23)22(13(20)24)10-5-4-8(7-18)12(19-10)21(2)25-3/h4-6H,1-3H3. The predicted octanol–water partition coefficient (Wildman–Crippen LogP) is 1.54. The minimum absolute atomic E-state index is 0.172. The predicted molar refractivity (Wildman–Crippen MR) is 86.7 cm³/mol. The van der Waals surface area contributed by atoms with Crippen molar-refractivity contribution in [1.29, 1.82) is 5.26 Å². The second-order valence-corrected chi connectivity index (χ2v) is 5.79. The molecule has 0 aliphatic carbocycles. The number of anilines is 1. The molecule has 2 rings (SSSR count). The van der Waals surface area contributed by atoms with E-state index in [1.165, 1.54) is 28.4 Å². The van der Waals surface area contributed by atoms with Crippen molar-refractivity contribution in [3.63, 3.8) is 0 Å². The Morgan fingerprint density at radius 2 is 1.96 bits per heavy atom. The molecule has 0 aliphatic heterocycles. The zero-order valence-corrected chi connectivity index (χ0v) is 14.1. The van der Waals surface area contributed by atoms with Gasteiger partial charge in [0.05, 0.1) is 5.56 Å². The van der Waals surface area contributed by atoms with Crippen LogP contribution in [0, 0.1) is 11.3 Å². The Hall–Kier alpha value is -2.74. The first-order valence-corrected chi connectivity index (χ1v) is 7.89. The summed E-state index contributed by atoms with van der Waals surface area (Å²) in [6.07, 6.45) is -3.12. The van der Waals surface area contributed by atoms with E-state index in [-0.39, 0.29) is 17.2 Å². The quantitative estimate of drug-likeness (QED) is 0.761. The van der Waals surface area contributed by atoms with Crippen LogP contribution in [0.5, 0.6) is 0 Å². The third-order valence-electron chi connectivity index (χ3n) is 3.39. The van der Waals surface area contributed by atoms with Gasteiger partial charge in [0.1, 0.15) is 17.6 Å². The van der Waals surface area contributed by atoms with Gasteiger partial charge in [-0.2, -0.15) is 18.4 Å². The van der Waals surface area contributed by atoms with E-state index in [1.54, 1.807) is 13.3 Å². The van der Waals surface area contributed by atoms with Crippen LogP contribution < -0.4 is 15.6 Å². The fourth-order valence-corrected chi connectivity index (χ4v) is 2.40. The van der Waals surface area contributed by atoms with Gasteiger partial charge in [-0.1, -0.05) is 11.9 Å². The number of hydrogen-bond acceptors (Lipinski definition) is 6. The Kier molecular flexibility index (Phi) is 4.94. The molecule has 0 unspecified atom stereocenters. The summed E-state index contributed by atoms with van der Waals surface area (Å²) in [6.45, 7) is 0. The lowest BCUT2D eigenvalue weighted by Gasteiger charge is -2.17. The van der Waals surface area contributed by atoms with Crippen molar-refractivity contribution >= 4 is 17.8 Å². The van der Waals surface area contributed by atoms with Gasteiger partial charge in [-0.3, -0.25) is 9.36 Å². The van der Waals surface area contributed by atoms with Gasteiger partial charge < -0.3 is 4.31 Å². The van der Waals surface area contributed by atoms with E-state index in [4.69, 9.17) is 5.26 Å². The van der Waals surface area contributed by atoms with Gasteiger partial charge in [0, 0.05) is 26.4 Å². The molecule has 0 saturated heterocycles. The molecular weight excluding hydrogens is 359 g/mol. The van der Waals surface area contributed by atoms with Crippen LogP contribution in [0.3, 0.4) is 0 Å². The third kappa shape index (κ3) is 3.39. The summed E-state index contributed by atoms with van der Waals surface area (Å²) in [5.74, 6) is 0.00979. The first-order chi connectivity index (χ1) is 11.6. The number of alkyl halides is 3. The first kappa shape index (κ1) is 18.6. The summed E-state index contributed by atoms with van der Waals surface area (Å²) in [4.78, 5) is 28.4. The number of pyridine rings is 1. The lowest BCUT2D eigenvalue weighted by atomic mass is 10.2. The lowest BCUT2D eigenvalue weighted by molar-refractivity contribution is -0.144. The highest BCUT2D eigenvalue weighted by Gasteiger charge is 2.35. The second kappa shape index (κ2) is 6.64. The van der Waals surface area contributed by atoms with Crippen LogP contribution in [0.4, 0.5) is 19.0 Å².